The number of carbonyl (C=O) groups is 2. The fourth-order valence-electron chi connectivity index (χ4n) is 3.66. The van der Waals surface area contributed by atoms with Gasteiger partial charge in [0.1, 0.15) is 0 Å². The molecule has 6 heteroatoms. The van der Waals surface area contributed by atoms with Crippen molar-refractivity contribution in [3.05, 3.63) is 59.4 Å². The molecule has 2 aromatic rings. The number of benzene rings is 1. The van der Waals surface area contributed by atoms with Crippen LogP contribution in [-0.2, 0) is 9.59 Å². The summed E-state index contributed by atoms with van der Waals surface area (Å²) < 4.78 is 2.17. The molecule has 1 fully saturated rings. The van der Waals surface area contributed by atoms with E-state index >= 15 is 0 Å². The highest BCUT2D eigenvalue weighted by atomic mass is 16.2. The Kier molecular flexibility index (Phi) is 6.54. The molecule has 3 rings (SSSR count). The van der Waals surface area contributed by atoms with Gasteiger partial charge in [0.15, 0.2) is 0 Å². The summed E-state index contributed by atoms with van der Waals surface area (Å²) in [6.45, 7) is 7.40. The summed E-state index contributed by atoms with van der Waals surface area (Å²) in [5.41, 5.74) is 4.29. The summed E-state index contributed by atoms with van der Waals surface area (Å²) in [7, 11) is 3.73. The fourth-order valence-corrected chi connectivity index (χ4v) is 3.66. The van der Waals surface area contributed by atoms with Crippen LogP contribution in [0.25, 0.3) is 11.8 Å². The molecule has 0 spiro atoms. The molecule has 0 aliphatic carbocycles. The molecule has 2 heterocycles. The third-order valence-electron chi connectivity index (χ3n) is 5.49. The Morgan fingerprint density at radius 2 is 1.72 bits per heavy atom. The minimum atomic E-state index is -0.169. The Morgan fingerprint density at radius 1 is 1.07 bits per heavy atom. The second-order valence-corrected chi connectivity index (χ2v) is 7.71. The van der Waals surface area contributed by atoms with Gasteiger partial charge in [-0.2, -0.15) is 0 Å². The average Bonchev–Trinajstić information content (AvgIpc) is 3.00. The van der Waals surface area contributed by atoms with Crippen molar-refractivity contribution in [1.29, 1.82) is 0 Å². The van der Waals surface area contributed by atoms with Crippen molar-refractivity contribution in [2.75, 3.05) is 46.8 Å². The molecule has 6 nitrogen and oxygen atoms in total. The van der Waals surface area contributed by atoms with Crippen molar-refractivity contribution in [3.63, 3.8) is 0 Å². The minimum Gasteiger partial charge on any atom is -0.339 e. The Labute approximate surface area is 173 Å². The zero-order valence-electron chi connectivity index (χ0n) is 17.8. The van der Waals surface area contributed by atoms with Crippen LogP contribution in [0.2, 0.25) is 0 Å². The molecule has 0 radical (unpaired) electrons. The normalized spacial score (nSPS) is 15.1. The number of amides is 2. The standard InChI is InChI=1S/C23H30N4O2/c1-18-16-20(19(2)27(18)21-8-6-5-7-9-21)10-11-22(28)25(4)17-23(29)26-14-12-24(3)13-15-26/h5-11,16H,12-15,17H2,1-4H3/b11-10+. The van der Waals surface area contributed by atoms with Gasteiger partial charge in [0, 0.05) is 56.4 Å². The molecule has 0 N–H and O–H groups in total. The zero-order valence-corrected chi connectivity index (χ0v) is 17.8. The van der Waals surface area contributed by atoms with Crippen LogP contribution in [0, 0.1) is 13.8 Å². The Balaban J connectivity index is 1.64. The first-order valence-corrected chi connectivity index (χ1v) is 10.0. The first-order chi connectivity index (χ1) is 13.9. The van der Waals surface area contributed by atoms with Gasteiger partial charge in [0.25, 0.3) is 0 Å². The molecular weight excluding hydrogens is 364 g/mol. The van der Waals surface area contributed by atoms with Gasteiger partial charge in [-0.15, -0.1) is 0 Å². The number of para-hydroxylation sites is 1. The van der Waals surface area contributed by atoms with Crippen molar-refractivity contribution < 1.29 is 9.59 Å². The van der Waals surface area contributed by atoms with Gasteiger partial charge in [-0.25, -0.2) is 0 Å². The van der Waals surface area contributed by atoms with Gasteiger partial charge < -0.3 is 19.3 Å². The summed E-state index contributed by atoms with van der Waals surface area (Å²) in [6, 6.07) is 12.2. The minimum absolute atomic E-state index is 0.00426. The lowest BCUT2D eigenvalue weighted by Gasteiger charge is -2.33. The molecule has 1 aliphatic rings. The third kappa shape index (κ3) is 4.95. The number of carbonyl (C=O) groups excluding carboxylic acids is 2. The number of nitrogens with zero attached hydrogens (tertiary/aromatic N) is 4. The lowest BCUT2D eigenvalue weighted by atomic mass is 10.2. The van der Waals surface area contributed by atoms with E-state index in [1.54, 1.807) is 13.1 Å². The van der Waals surface area contributed by atoms with E-state index in [-0.39, 0.29) is 18.4 Å². The lowest BCUT2D eigenvalue weighted by Crippen LogP contribution is -2.50. The highest BCUT2D eigenvalue weighted by molar-refractivity contribution is 5.94. The van der Waals surface area contributed by atoms with Gasteiger partial charge in [0.05, 0.1) is 6.54 Å². The Bertz CT molecular complexity index is 893. The van der Waals surface area contributed by atoms with Crippen molar-refractivity contribution in [2.45, 2.75) is 13.8 Å². The van der Waals surface area contributed by atoms with Crippen LogP contribution < -0.4 is 0 Å². The topological polar surface area (TPSA) is 48.8 Å². The van der Waals surface area contributed by atoms with Crippen molar-refractivity contribution >= 4 is 17.9 Å². The number of aryl methyl sites for hydroxylation is 1. The number of piperazine rings is 1. The highest BCUT2D eigenvalue weighted by Gasteiger charge is 2.21. The zero-order chi connectivity index (χ0) is 21.0. The lowest BCUT2D eigenvalue weighted by molar-refractivity contribution is -0.138. The molecule has 1 aromatic heterocycles. The van der Waals surface area contributed by atoms with Crippen LogP contribution in [0.3, 0.4) is 0 Å². The van der Waals surface area contributed by atoms with Gasteiger partial charge in [-0.1, -0.05) is 18.2 Å². The van der Waals surface area contributed by atoms with Gasteiger partial charge in [0.2, 0.25) is 11.8 Å². The fraction of sp³-hybridized carbons (Fsp3) is 0.391. The van der Waals surface area contributed by atoms with E-state index < -0.39 is 0 Å². The summed E-state index contributed by atoms with van der Waals surface area (Å²) in [6.07, 6.45) is 3.38. The molecule has 0 bridgehead atoms. The van der Waals surface area contributed by atoms with Crippen LogP contribution in [0.5, 0.6) is 0 Å². The summed E-state index contributed by atoms with van der Waals surface area (Å²) >= 11 is 0. The molecule has 154 valence electrons. The molecule has 1 saturated heterocycles. The second kappa shape index (κ2) is 9.09. The second-order valence-electron chi connectivity index (χ2n) is 7.71. The number of hydrogen-bond donors (Lipinski definition) is 0. The molecule has 1 aliphatic heterocycles. The third-order valence-corrected chi connectivity index (χ3v) is 5.49. The van der Waals surface area contributed by atoms with Crippen LogP contribution in [0.1, 0.15) is 17.0 Å². The molecule has 2 amide bonds. The molecule has 29 heavy (non-hydrogen) atoms. The van der Waals surface area contributed by atoms with Crippen LogP contribution in [-0.4, -0.2) is 77.9 Å². The quantitative estimate of drug-likeness (QED) is 0.732. The van der Waals surface area contributed by atoms with E-state index in [2.05, 4.69) is 41.6 Å². The van der Waals surface area contributed by atoms with E-state index in [1.165, 1.54) is 4.90 Å². The monoisotopic (exact) mass is 394 g/mol. The van der Waals surface area contributed by atoms with Crippen LogP contribution >= 0.6 is 0 Å². The maximum atomic E-state index is 12.5. The maximum Gasteiger partial charge on any atom is 0.246 e. The molecule has 0 saturated carbocycles. The van der Waals surface area contributed by atoms with E-state index in [0.717, 1.165) is 48.8 Å². The van der Waals surface area contributed by atoms with Crippen LogP contribution in [0.15, 0.2) is 42.5 Å². The van der Waals surface area contributed by atoms with Crippen molar-refractivity contribution in [2.24, 2.45) is 0 Å². The average molecular weight is 395 g/mol. The van der Waals surface area contributed by atoms with E-state index in [9.17, 15) is 9.59 Å². The molecule has 0 atom stereocenters. The predicted octanol–water partition coefficient (Wildman–Crippen LogP) is 2.34. The largest absolute Gasteiger partial charge is 0.339 e. The van der Waals surface area contributed by atoms with E-state index in [4.69, 9.17) is 0 Å². The number of aromatic nitrogens is 1. The van der Waals surface area contributed by atoms with Gasteiger partial charge in [-0.3, -0.25) is 9.59 Å². The number of likely N-dealkylation sites (N-methyl/N-ethyl adjacent to an activating group) is 2. The summed E-state index contributed by atoms with van der Waals surface area (Å²) in [4.78, 5) is 30.5. The molecule has 0 unspecified atom stereocenters. The van der Waals surface area contributed by atoms with Gasteiger partial charge >= 0.3 is 0 Å². The van der Waals surface area contributed by atoms with Crippen LogP contribution in [0.4, 0.5) is 0 Å². The predicted molar refractivity (Wildman–Crippen MR) is 116 cm³/mol. The summed E-state index contributed by atoms with van der Waals surface area (Å²) in [5, 5.41) is 0. The number of rotatable bonds is 5. The molecular formula is C23H30N4O2. The smallest absolute Gasteiger partial charge is 0.246 e. The SMILES string of the molecule is Cc1cc(/C=C/C(=O)N(C)CC(=O)N2CCN(C)CC2)c(C)n1-c1ccccc1. The van der Waals surface area contributed by atoms with E-state index in [0.29, 0.717) is 0 Å². The number of hydrogen-bond acceptors (Lipinski definition) is 3. The van der Waals surface area contributed by atoms with Crippen molar-refractivity contribution in [1.82, 2.24) is 19.3 Å². The summed E-state index contributed by atoms with van der Waals surface area (Å²) in [5.74, 6) is -0.165. The molecule has 1 aromatic carbocycles. The Hall–Kier alpha value is -2.86. The first kappa shape index (κ1) is 20.9. The maximum absolute atomic E-state index is 12.5. The highest BCUT2D eigenvalue weighted by Crippen LogP contribution is 2.21. The first-order valence-electron chi connectivity index (χ1n) is 10.0. The van der Waals surface area contributed by atoms with Gasteiger partial charge in [-0.05, 0) is 50.7 Å². The Morgan fingerprint density at radius 3 is 2.38 bits per heavy atom. The van der Waals surface area contributed by atoms with Crippen molar-refractivity contribution in [3.8, 4) is 5.69 Å². The van der Waals surface area contributed by atoms with E-state index in [1.807, 2.05) is 36.1 Å².